The van der Waals surface area contributed by atoms with Crippen LogP contribution in [0.2, 0.25) is 0 Å². The van der Waals surface area contributed by atoms with E-state index in [1.54, 1.807) is 0 Å². The maximum absolute atomic E-state index is 3.24. The number of benzene rings is 2. The summed E-state index contributed by atoms with van der Waals surface area (Å²) in [6, 6.07) is 20.4. The first-order valence-corrected chi connectivity index (χ1v) is 5.69. The van der Waals surface area contributed by atoms with Gasteiger partial charge in [0.1, 0.15) is 0 Å². The number of hydrogen-bond donors (Lipinski definition) is 1. The molecule has 0 radical (unpaired) electrons. The standard InChI is InChI=1S/C16H15N/c1-17-16(15-10-6-3-7-11-15)13-12-14-8-4-2-5-9-14/h2-11,16-17H,1H3. The number of rotatable bonds is 2. The van der Waals surface area contributed by atoms with Crippen LogP contribution in [0.1, 0.15) is 17.2 Å². The summed E-state index contributed by atoms with van der Waals surface area (Å²) in [5, 5.41) is 3.21. The zero-order valence-corrected chi connectivity index (χ0v) is 9.85. The number of nitrogens with one attached hydrogen (secondary N) is 1. The molecule has 2 aromatic rings. The summed E-state index contributed by atoms with van der Waals surface area (Å²) < 4.78 is 0. The lowest BCUT2D eigenvalue weighted by atomic mass is 10.1. The van der Waals surface area contributed by atoms with Crippen molar-refractivity contribution in [1.29, 1.82) is 0 Å². The van der Waals surface area contributed by atoms with E-state index in [4.69, 9.17) is 0 Å². The van der Waals surface area contributed by atoms with Gasteiger partial charge in [-0.05, 0) is 24.7 Å². The van der Waals surface area contributed by atoms with Crippen LogP contribution in [0.3, 0.4) is 0 Å². The molecule has 0 saturated heterocycles. The van der Waals surface area contributed by atoms with Crippen molar-refractivity contribution in [3.8, 4) is 11.8 Å². The molecule has 1 N–H and O–H groups in total. The minimum absolute atomic E-state index is 0.0800. The Morgan fingerprint density at radius 1 is 0.882 bits per heavy atom. The minimum atomic E-state index is 0.0800. The molecule has 0 amide bonds. The molecule has 1 heteroatoms. The fourth-order valence-electron chi connectivity index (χ4n) is 1.64. The predicted octanol–water partition coefficient (Wildman–Crippen LogP) is 3.00. The first kappa shape index (κ1) is 11.4. The first-order valence-electron chi connectivity index (χ1n) is 5.69. The summed E-state index contributed by atoms with van der Waals surface area (Å²) in [4.78, 5) is 0. The topological polar surface area (TPSA) is 12.0 Å². The van der Waals surface area contributed by atoms with Crippen LogP contribution >= 0.6 is 0 Å². The van der Waals surface area contributed by atoms with Gasteiger partial charge in [0.05, 0.1) is 6.04 Å². The van der Waals surface area contributed by atoms with Gasteiger partial charge in [0.25, 0.3) is 0 Å². The Morgan fingerprint density at radius 2 is 1.47 bits per heavy atom. The highest BCUT2D eigenvalue weighted by atomic mass is 14.9. The summed E-state index contributed by atoms with van der Waals surface area (Å²) in [6.45, 7) is 0. The molecule has 1 unspecified atom stereocenters. The van der Waals surface area contributed by atoms with Crippen LogP contribution in [0.4, 0.5) is 0 Å². The molecule has 1 atom stereocenters. The first-order chi connectivity index (χ1) is 8.40. The highest BCUT2D eigenvalue weighted by Crippen LogP contribution is 2.10. The van der Waals surface area contributed by atoms with Gasteiger partial charge in [-0.15, -0.1) is 0 Å². The summed E-state index contributed by atoms with van der Waals surface area (Å²) in [7, 11) is 1.93. The van der Waals surface area contributed by atoms with Crippen LogP contribution in [0.5, 0.6) is 0 Å². The second-order valence-electron chi connectivity index (χ2n) is 3.77. The van der Waals surface area contributed by atoms with E-state index in [1.807, 2.05) is 55.6 Å². The maximum Gasteiger partial charge on any atom is 0.0947 e. The summed E-state index contributed by atoms with van der Waals surface area (Å²) >= 11 is 0. The Balaban J connectivity index is 2.20. The Labute approximate surface area is 102 Å². The lowest BCUT2D eigenvalue weighted by Crippen LogP contribution is -2.14. The second-order valence-corrected chi connectivity index (χ2v) is 3.77. The van der Waals surface area contributed by atoms with E-state index >= 15 is 0 Å². The van der Waals surface area contributed by atoms with E-state index in [-0.39, 0.29) is 6.04 Å². The molecule has 0 bridgehead atoms. The van der Waals surface area contributed by atoms with Crippen LogP contribution in [0, 0.1) is 11.8 Å². The summed E-state index contributed by atoms with van der Waals surface area (Å²) in [6.07, 6.45) is 0. The van der Waals surface area contributed by atoms with Gasteiger partial charge < -0.3 is 5.32 Å². The smallest absolute Gasteiger partial charge is 0.0947 e. The summed E-state index contributed by atoms with van der Waals surface area (Å²) in [5.74, 6) is 6.42. The van der Waals surface area contributed by atoms with Crippen molar-refractivity contribution in [3.05, 3.63) is 71.8 Å². The van der Waals surface area contributed by atoms with Crippen molar-refractivity contribution in [2.75, 3.05) is 7.05 Å². The van der Waals surface area contributed by atoms with E-state index in [9.17, 15) is 0 Å². The van der Waals surface area contributed by atoms with Crippen LogP contribution in [0.25, 0.3) is 0 Å². The molecule has 17 heavy (non-hydrogen) atoms. The van der Waals surface area contributed by atoms with Crippen molar-refractivity contribution in [2.45, 2.75) is 6.04 Å². The van der Waals surface area contributed by atoms with Crippen molar-refractivity contribution in [2.24, 2.45) is 0 Å². The highest BCUT2D eigenvalue weighted by molar-refractivity contribution is 5.37. The highest BCUT2D eigenvalue weighted by Gasteiger charge is 2.03. The van der Waals surface area contributed by atoms with Gasteiger partial charge in [0.2, 0.25) is 0 Å². The van der Waals surface area contributed by atoms with Crippen LogP contribution in [-0.4, -0.2) is 7.05 Å². The molecule has 0 aliphatic heterocycles. The minimum Gasteiger partial charge on any atom is -0.303 e. The lowest BCUT2D eigenvalue weighted by molar-refractivity contribution is 0.736. The third kappa shape index (κ3) is 3.21. The normalized spacial score (nSPS) is 11.4. The Kier molecular flexibility index (Phi) is 3.96. The molecule has 0 spiro atoms. The molecule has 1 nitrogen and oxygen atoms in total. The average molecular weight is 221 g/mol. The Hall–Kier alpha value is -2.04. The molecular weight excluding hydrogens is 206 g/mol. The van der Waals surface area contributed by atoms with E-state index in [0.717, 1.165) is 5.56 Å². The van der Waals surface area contributed by atoms with Crippen LogP contribution in [0.15, 0.2) is 60.7 Å². The van der Waals surface area contributed by atoms with E-state index < -0.39 is 0 Å². The van der Waals surface area contributed by atoms with E-state index in [2.05, 4.69) is 29.3 Å². The van der Waals surface area contributed by atoms with Crippen molar-refractivity contribution in [1.82, 2.24) is 5.32 Å². The third-order valence-corrected chi connectivity index (χ3v) is 2.56. The van der Waals surface area contributed by atoms with Gasteiger partial charge >= 0.3 is 0 Å². The number of hydrogen-bond acceptors (Lipinski definition) is 1. The van der Waals surface area contributed by atoms with Gasteiger partial charge in [-0.1, -0.05) is 60.4 Å². The molecule has 0 aliphatic carbocycles. The van der Waals surface area contributed by atoms with E-state index in [1.165, 1.54) is 5.56 Å². The second kappa shape index (κ2) is 5.89. The fraction of sp³-hybridized carbons (Fsp3) is 0.125. The van der Waals surface area contributed by atoms with E-state index in [0.29, 0.717) is 0 Å². The molecule has 0 saturated carbocycles. The largest absolute Gasteiger partial charge is 0.303 e. The monoisotopic (exact) mass is 221 g/mol. The Morgan fingerprint density at radius 3 is 2.06 bits per heavy atom. The van der Waals surface area contributed by atoms with Gasteiger partial charge in [0, 0.05) is 5.56 Å². The van der Waals surface area contributed by atoms with Crippen molar-refractivity contribution in [3.63, 3.8) is 0 Å². The van der Waals surface area contributed by atoms with Crippen LogP contribution < -0.4 is 5.32 Å². The molecule has 2 aromatic carbocycles. The van der Waals surface area contributed by atoms with Gasteiger partial charge in [-0.25, -0.2) is 0 Å². The maximum atomic E-state index is 3.24. The van der Waals surface area contributed by atoms with Crippen LogP contribution in [-0.2, 0) is 0 Å². The van der Waals surface area contributed by atoms with Crippen molar-refractivity contribution >= 4 is 0 Å². The van der Waals surface area contributed by atoms with Gasteiger partial charge in [-0.2, -0.15) is 0 Å². The molecule has 0 fully saturated rings. The molecular formula is C16H15N. The summed E-state index contributed by atoms with van der Waals surface area (Å²) in [5.41, 5.74) is 2.24. The average Bonchev–Trinajstić information content (AvgIpc) is 2.42. The van der Waals surface area contributed by atoms with Gasteiger partial charge in [-0.3, -0.25) is 0 Å². The third-order valence-electron chi connectivity index (χ3n) is 2.56. The predicted molar refractivity (Wildman–Crippen MR) is 71.6 cm³/mol. The van der Waals surface area contributed by atoms with Gasteiger partial charge in [0.15, 0.2) is 0 Å². The zero-order valence-electron chi connectivity index (χ0n) is 9.85. The lowest BCUT2D eigenvalue weighted by Gasteiger charge is -2.08. The zero-order chi connectivity index (χ0) is 11.9. The Bertz CT molecular complexity index is 505. The molecule has 2 rings (SSSR count). The SMILES string of the molecule is CNC(C#Cc1ccccc1)c1ccccc1. The quantitative estimate of drug-likeness (QED) is 0.769. The van der Waals surface area contributed by atoms with Crippen molar-refractivity contribution < 1.29 is 0 Å². The fourth-order valence-corrected chi connectivity index (χ4v) is 1.64. The molecule has 0 heterocycles. The molecule has 0 aliphatic rings. The molecule has 0 aromatic heterocycles. The molecule has 84 valence electrons.